The van der Waals surface area contributed by atoms with E-state index in [0.717, 1.165) is 0 Å². The molecule has 0 spiro atoms. The predicted octanol–water partition coefficient (Wildman–Crippen LogP) is 1.54. The number of carbonyl (C=O) groups excluding carboxylic acids is 1. The SMILES string of the molecule is C/C=C/CC(C)=O. The largest absolute Gasteiger partial charge is 0.300 e. The molecular weight excluding hydrogens is 88.1 g/mol. The fourth-order valence-corrected chi connectivity index (χ4v) is 0.284. The minimum absolute atomic E-state index is 0.220. The second-order valence-corrected chi connectivity index (χ2v) is 1.48. The summed E-state index contributed by atoms with van der Waals surface area (Å²) in [5, 5.41) is 0. The van der Waals surface area contributed by atoms with Crippen LogP contribution in [0.25, 0.3) is 0 Å². The third-order valence-electron chi connectivity index (χ3n) is 0.641. The predicted molar refractivity (Wildman–Crippen MR) is 30.1 cm³/mol. The molecule has 0 fully saturated rings. The zero-order valence-electron chi connectivity index (χ0n) is 4.77. The van der Waals surface area contributed by atoms with Gasteiger partial charge in [-0.1, -0.05) is 12.2 Å². The molecule has 0 bridgehead atoms. The van der Waals surface area contributed by atoms with Crippen LogP contribution in [-0.4, -0.2) is 5.78 Å². The molecule has 1 heteroatoms. The van der Waals surface area contributed by atoms with Crippen LogP contribution in [-0.2, 0) is 4.79 Å². The molecule has 0 aromatic heterocycles. The monoisotopic (exact) mass is 98.1 g/mol. The maximum absolute atomic E-state index is 10.2. The molecule has 0 saturated heterocycles. The maximum Gasteiger partial charge on any atom is 0.133 e. The Labute approximate surface area is 44.0 Å². The first-order valence-corrected chi connectivity index (χ1v) is 2.38. The van der Waals surface area contributed by atoms with E-state index in [-0.39, 0.29) is 5.78 Å². The molecule has 0 aliphatic heterocycles. The number of rotatable bonds is 2. The Balaban J connectivity index is 3.14. The van der Waals surface area contributed by atoms with E-state index in [1.54, 1.807) is 6.92 Å². The van der Waals surface area contributed by atoms with Crippen LogP contribution in [0.15, 0.2) is 12.2 Å². The van der Waals surface area contributed by atoms with Crippen LogP contribution in [0.5, 0.6) is 0 Å². The lowest BCUT2D eigenvalue weighted by Gasteiger charge is -1.77. The van der Waals surface area contributed by atoms with Crippen LogP contribution < -0.4 is 0 Å². The summed E-state index contributed by atoms with van der Waals surface area (Å²) in [6.07, 6.45) is 4.31. The summed E-state index contributed by atoms with van der Waals surface area (Å²) in [6, 6.07) is 0. The quantitative estimate of drug-likeness (QED) is 0.479. The summed E-state index contributed by atoms with van der Waals surface area (Å²) in [5.41, 5.74) is 0. The van der Waals surface area contributed by atoms with Gasteiger partial charge in [0.05, 0.1) is 0 Å². The summed E-state index contributed by atoms with van der Waals surface area (Å²) in [6.45, 7) is 3.49. The highest BCUT2D eigenvalue weighted by Crippen LogP contribution is 1.81. The molecule has 0 unspecified atom stereocenters. The average Bonchev–Trinajstić information content (AvgIpc) is 1.61. The molecule has 0 aliphatic rings. The first-order valence-electron chi connectivity index (χ1n) is 2.38. The van der Waals surface area contributed by atoms with Crippen molar-refractivity contribution >= 4 is 5.78 Å². The van der Waals surface area contributed by atoms with Gasteiger partial charge in [0.1, 0.15) is 5.78 Å². The Hall–Kier alpha value is -0.590. The van der Waals surface area contributed by atoms with Crippen molar-refractivity contribution in [3.63, 3.8) is 0 Å². The lowest BCUT2D eigenvalue weighted by Crippen LogP contribution is -1.82. The van der Waals surface area contributed by atoms with Crippen LogP contribution in [0.4, 0.5) is 0 Å². The van der Waals surface area contributed by atoms with E-state index in [4.69, 9.17) is 0 Å². The van der Waals surface area contributed by atoms with Gasteiger partial charge < -0.3 is 0 Å². The molecule has 0 aliphatic carbocycles. The van der Waals surface area contributed by atoms with E-state index in [1.807, 2.05) is 19.1 Å². The number of ketones is 1. The van der Waals surface area contributed by atoms with Gasteiger partial charge in [-0.05, 0) is 13.8 Å². The summed E-state index contributed by atoms with van der Waals surface area (Å²) in [4.78, 5) is 10.2. The van der Waals surface area contributed by atoms with Crippen molar-refractivity contribution in [2.24, 2.45) is 0 Å². The molecule has 0 amide bonds. The molecule has 1 nitrogen and oxygen atoms in total. The van der Waals surface area contributed by atoms with Gasteiger partial charge in [0.2, 0.25) is 0 Å². The second-order valence-electron chi connectivity index (χ2n) is 1.48. The van der Waals surface area contributed by atoms with Crippen LogP contribution in [0.3, 0.4) is 0 Å². The maximum atomic E-state index is 10.2. The zero-order valence-corrected chi connectivity index (χ0v) is 4.77. The van der Waals surface area contributed by atoms with E-state index < -0.39 is 0 Å². The molecule has 0 rings (SSSR count). The smallest absolute Gasteiger partial charge is 0.133 e. The van der Waals surface area contributed by atoms with Crippen molar-refractivity contribution in [1.29, 1.82) is 0 Å². The van der Waals surface area contributed by atoms with E-state index in [9.17, 15) is 4.79 Å². The topological polar surface area (TPSA) is 17.1 Å². The Morgan fingerprint density at radius 2 is 2.29 bits per heavy atom. The Morgan fingerprint density at radius 1 is 1.71 bits per heavy atom. The lowest BCUT2D eigenvalue weighted by atomic mass is 10.3. The summed E-state index contributed by atoms with van der Waals surface area (Å²) in [7, 11) is 0. The number of allylic oxidation sites excluding steroid dienone is 2. The molecular formula is C6H10O. The van der Waals surface area contributed by atoms with Gasteiger partial charge in [-0.2, -0.15) is 0 Å². The number of hydrogen-bond acceptors (Lipinski definition) is 1. The van der Waals surface area contributed by atoms with Gasteiger partial charge in [0.15, 0.2) is 0 Å². The van der Waals surface area contributed by atoms with E-state index in [0.29, 0.717) is 6.42 Å². The average molecular weight is 98.1 g/mol. The summed E-state index contributed by atoms with van der Waals surface area (Å²) < 4.78 is 0. The van der Waals surface area contributed by atoms with Crippen LogP contribution in [0.2, 0.25) is 0 Å². The molecule has 0 aromatic carbocycles. The fraction of sp³-hybridized carbons (Fsp3) is 0.500. The van der Waals surface area contributed by atoms with Crippen molar-refractivity contribution in [3.05, 3.63) is 12.2 Å². The van der Waals surface area contributed by atoms with E-state index in [2.05, 4.69) is 0 Å². The third kappa shape index (κ3) is 5.41. The minimum Gasteiger partial charge on any atom is -0.300 e. The molecule has 0 aromatic rings. The van der Waals surface area contributed by atoms with Crippen LogP contribution in [0.1, 0.15) is 20.3 Å². The highest BCUT2D eigenvalue weighted by atomic mass is 16.1. The van der Waals surface area contributed by atoms with Gasteiger partial charge >= 0.3 is 0 Å². The highest BCUT2D eigenvalue weighted by molar-refractivity contribution is 5.76. The van der Waals surface area contributed by atoms with Gasteiger partial charge in [-0.15, -0.1) is 0 Å². The standard InChI is InChI=1S/C6H10O/c1-3-4-5-6(2)7/h3-4H,5H2,1-2H3/b4-3+. The van der Waals surface area contributed by atoms with Gasteiger partial charge in [0.25, 0.3) is 0 Å². The minimum atomic E-state index is 0.220. The second kappa shape index (κ2) is 3.59. The molecule has 0 heterocycles. The Kier molecular flexibility index (Phi) is 3.29. The molecule has 0 N–H and O–H groups in total. The van der Waals surface area contributed by atoms with Crippen LogP contribution >= 0.6 is 0 Å². The van der Waals surface area contributed by atoms with Crippen molar-refractivity contribution < 1.29 is 4.79 Å². The zero-order chi connectivity index (χ0) is 5.70. The van der Waals surface area contributed by atoms with Crippen molar-refractivity contribution in [1.82, 2.24) is 0 Å². The first-order chi connectivity index (χ1) is 3.27. The number of carbonyl (C=O) groups is 1. The van der Waals surface area contributed by atoms with Gasteiger partial charge in [0, 0.05) is 6.42 Å². The number of Topliss-reactive ketones (excluding diaryl/α,β-unsaturated/α-hetero) is 1. The molecule has 40 valence electrons. The van der Waals surface area contributed by atoms with Crippen molar-refractivity contribution in [3.8, 4) is 0 Å². The molecule has 0 saturated carbocycles. The van der Waals surface area contributed by atoms with Crippen molar-refractivity contribution in [2.45, 2.75) is 20.3 Å². The molecule has 7 heavy (non-hydrogen) atoms. The first kappa shape index (κ1) is 6.41. The molecule has 0 atom stereocenters. The lowest BCUT2D eigenvalue weighted by molar-refractivity contribution is -0.116. The third-order valence-corrected chi connectivity index (χ3v) is 0.641. The van der Waals surface area contributed by atoms with E-state index in [1.165, 1.54) is 0 Å². The van der Waals surface area contributed by atoms with E-state index >= 15 is 0 Å². The highest BCUT2D eigenvalue weighted by Gasteiger charge is 1.81. The van der Waals surface area contributed by atoms with Crippen LogP contribution in [0, 0.1) is 0 Å². The number of hydrogen-bond donors (Lipinski definition) is 0. The summed E-state index contributed by atoms with van der Waals surface area (Å²) >= 11 is 0. The normalized spacial score (nSPS) is 10.0. The van der Waals surface area contributed by atoms with Crippen molar-refractivity contribution in [2.75, 3.05) is 0 Å². The molecule has 0 radical (unpaired) electrons. The van der Waals surface area contributed by atoms with Gasteiger partial charge in [-0.25, -0.2) is 0 Å². The Bertz CT molecular complexity index is 82.2. The van der Waals surface area contributed by atoms with Gasteiger partial charge in [-0.3, -0.25) is 4.79 Å². The fourth-order valence-electron chi connectivity index (χ4n) is 0.284. The summed E-state index contributed by atoms with van der Waals surface area (Å²) in [5.74, 6) is 0.220. The Morgan fingerprint density at radius 3 is 2.43 bits per heavy atom.